The molecule has 0 bridgehead atoms. The van der Waals surface area contributed by atoms with E-state index < -0.39 is 0 Å². The number of nitrogens with one attached hydrogen (secondary N) is 2. The third-order valence-corrected chi connectivity index (χ3v) is 2.79. The molecule has 3 rings (SSSR count). The molecule has 3 nitrogen and oxygen atoms in total. The van der Waals surface area contributed by atoms with Gasteiger partial charge < -0.3 is 16.4 Å². The van der Waals surface area contributed by atoms with Gasteiger partial charge in [0.05, 0.1) is 11.4 Å². The molecule has 2 aromatic carbocycles. The Bertz CT molecular complexity index is 534. The maximum absolute atomic E-state index is 5.78. The Labute approximate surface area is 94.3 Å². The molecule has 0 amide bonds. The van der Waals surface area contributed by atoms with Crippen LogP contribution < -0.4 is 16.4 Å². The van der Waals surface area contributed by atoms with Crippen molar-refractivity contribution >= 4 is 22.7 Å². The maximum atomic E-state index is 5.78. The van der Waals surface area contributed by atoms with Gasteiger partial charge >= 0.3 is 0 Å². The highest BCUT2D eigenvalue weighted by atomic mass is 15.0. The minimum absolute atomic E-state index is 0.796. The molecule has 0 fully saturated rings. The normalized spacial score (nSPS) is 12.8. The molecule has 0 saturated carbocycles. The third kappa shape index (κ3) is 1.46. The molecule has 0 spiro atoms. The van der Waals surface area contributed by atoms with Gasteiger partial charge in [-0.05, 0) is 35.9 Å². The van der Waals surface area contributed by atoms with E-state index >= 15 is 0 Å². The second-order valence-electron chi connectivity index (χ2n) is 3.94. The van der Waals surface area contributed by atoms with Gasteiger partial charge in [-0.25, -0.2) is 0 Å². The van der Waals surface area contributed by atoms with Gasteiger partial charge in [0.2, 0.25) is 0 Å². The maximum Gasteiger partial charge on any atom is 0.0620 e. The molecular weight excluding hydrogens is 198 g/mol. The van der Waals surface area contributed by atoms with E-state index in [4.69, 9.17) is 5.73 Å². The van der Waals surface area contributed by atoms with Crippen LogP contribution in [0.2, 0.25) is 0 Å². The van der Waals surface area contributed by atoms with E-state index in [1.807, 2.05) is 30.3 Å². The Hall–Kier alpha value is -2.16. The Morgan fingerprint density at radius 1 is 0.938 bits per heavy atom. The second kappa shape index (κ2) is 3.45. The molecule has 3 heteroatoms. The summed E-state index contributed by atoms with van der Waals surface area (Å²) in [6.07, 6.45) is 0. The fraction of sp³-hybridized carbons (Fsp3) is 0.0769. The zero-order chi connectivity index (χ0) is 11.0. The van der Waals surface area contributed by atoms with Crippen LogP contribution in [0.5, 0.6) is 0 Å². The molecule has 16 heavy (non-hydrogen) atoms. The summed E-state index contributed by atoms with van der Waals surface area (Å²) in [4.78, 5) is 0. The van der Waals surface area contributed by atoms with Crippen LogP contribution in [0.4, 0.5) is 22.7 Å². The zero-order valence-electron chi connectivity index (χ0n) is 8.83. The molecule has 1 aliphatic rings. The first kappa shape index (κ1) is 9.09. The van der Waals surface area contributed by atoms with Crippen molar-refractivity contribution in [3.8, 4) is 0 Å². The van der Waals surface area contributed by atoms with Crippen molar-refractivity contribution in [3.05, 3.63) is 48.0 Å². The number of para-hydroxylation sites is 2. The number of rotatable bonds is 0. The first-order valence-electron chi connectivity index (χ1n) is 5.31. The van der Waals surface area contributed by atoms with E-state index in [-0.39, 0.29) is 0 Å². The van der Waals surface area contributed by atoms with Crippen LogP contribution in [-0.4, -0.2) is 0 Å². The van der Waals surface area contributed by atoms with E-state index in [9.17, 15) is 0 Å². The smallest absolute Gasteiger partial charge is 0.0620 e. The van der Waals surface area contributed by atoms with Crippen LogP contribution in [0, 0.1) is 0 Å². The highest BCUT2D eigenvalue weighted by molar-refractivity contribution is 5.78. The van der Waals surface area contributed by atoms with Crippen LogP contribution in [-0.2, 0) is 6.54 Å². The Kier molecular flexibility index (Phi) is 1.96. The zero-order valence-corrected chi connectivity index (χ0v) is 8.83. The lowest BCUT2D eigenvalue weighted by molar-refractivity contribution is 1.17. The average molecular weight is 211 g/mol. The van der Waals surface area contributed by atoms with Gasteiger partial charge in [0.15, 0.2) is 0 Å². The van der Waals surface area contributed by atoms with E-state index in [0.29, 0.717) is 0 Å². The van der Waals surface area contributed by atoms with Crippen molar-refractivity contribution in [1.29, 1.82) is 0 Å². The highest BCUT2D eigenvalue weighted by Gasteiger charge is 2.10. The molecule has 80 valence electrons. The molecular formula is C13H13N3. The molecule has 1 aliphatic heterocycles. The van der Waals surface area contributed by atoms with Gasteiger partial charge in [0.1, 0.15) is 0 Å². The van der Waals surface area contributed by atoms with Gasteiger partial charge in [0.25, 0.3) is 0 Å². The van der Waals surface area contributed by atoms with E-state index in [0.717, 1.165) is 29.3 Å². The minimum Gasteiger partial charge on any atom is -0.399 e. The van der Waals surface area contributed by atoms with Crippen molar-refractivity contribution in [3.63, 3.8) is 0 Å². The number of nitrogens with two attached hydrogens (primary N) is 1. The van der Waals surface area contributed by atoms with E-state index in [1.54, 1.807) is 0 Å². The lowest BCUT2D eigenvalue weighted by atomic mass is 10.1. The molecule has 0 radical (unpaired) electrons. The fourth-order valence-corrected chi connectivity index (χ4v) is 1.96. The molecule has 4 N–H and O–H groups in total. The number of anilines is 4. The van der Waals surface area contributed by atoms with E-state index in [2.05, 4.69) is 22.8 Å². The first-order chi connectivity index (χ1) is 7.83. The standard InChI is InChI=1S/C13H13N3/c14-10-5-6-11-9(7-10)8-15-12-3-1-2-4-13(12)16-11/h1-7,15-16H,8,14H2. The predicted octanol–water partition coefficient (Wildman–Crippen LogP) is 2.94. The predicted molar refractivity (Wildman–Crippen MR) is 67.9 cm³/mol. The van der Waals surface area contributed by atoms with Crippen molar-refractivity contribution < 1.29 is 0 Å². The lowest BCUT2D eigenvalue weighted by Gasteiger charge is -2.08. The van der Waals surface area contributed by atoms with Crippen LogP contribution in [0.25, 0.3) is 0 Å². The molecule has 0 saturated heterocycles. The van der Waals surface area contributed by atoms with Crippen LogP contribution in [0.15, 0.2) is 42.5 Å². The molecule has 0 atom stereocenters. The van der Waals surface area contributed by atoms with Crippen LogP contribution in [0.1, 0.15) is 5.56 Å². The molecule has 0 aromatic heterocycles. The van der Waals surface area contributed by atoms with Crippen molar-refractivity contribution in [2.45, 2.75) is 6.54 Å². The van der Waals surface area contributed by atoms with Gasteiger partial charge in [-0.15, -0.1) is 0 Å². The number of fused-ring (bicyclic) bond motifs is 2. The second-order valence-corrected chi connectivity index (χ2v) is 3.94. The fourth-order valence-electron chi connectivity index (χ4n) is 1.96. The van der Waals surface area contributed by atoms with Crippen LogP contribution >= 0.6 is 0 Å². The summed E-state index contributed by atoms with van der Waals surface area (Å²) < 4.78 is 0. The molecule has 0 unspecified atom stereocenters. The summed E-state index contributed by atoms with van der Waals surface area (Å²) in [5.41, 5.74) is 11.1. The average Bonchev–Trinajstić information content (AvgIpc) is 2.48. The van der Waals surface area contributed by atoms with Crippen molar-refractivity contribution in [2.75, 3.05) is 16.4 Å². The Morgan fingerprint density at radius 3 is 2.62 bits per heavy atom. The lowest BCUT2D eigenvalue weighted by Crippen LogP contribution is -1.98. The molecule has 0 aliphatic carbocycles. The summed E-state index contributed by atoms with van der Waals surface area (Å²) in [5.74, 6) is 0. The highest BCUT2D eigenvalue weighted by Crippen LogP contribution is 2.32. The Morgan fingerprint density at radius 2 is 1.75 bits per heavy atom. The van der Waals surface area contributed by atoms with Gasteiger partial charge in [-0.1, -0.05) is 12.1 Å². The Balaban J connectivity index is 2.08. The van der Waals surface area contributed by atoms with Crippen LogP contribution in [0.3, 0.4) is 0 Å². The van der Waals surface area contributed by atoms with Crippen molar-refractivity contribution in [1.82, 2.24) is 0 Å². The molecule has 2 aromatic rings. The monoisotopic (exact) mass is 211 g/mol. The number of nitrogen functional groups attached to an aromatic ring is 1. The summed E-state index contributed by atoms with van der Waals surface area (Å²) in [5, 5.41) is 6.80. The van der Waals surface area contributed by atoms with Gasteiger partial charge in [-0.2, -0.15) is 0 Å². The summed E-state index contributed by atoms with van der Waals surface area (Å²) in [7, 11) is 0. The first-order valence-corrected chi connectivity index (χ1v) is 5.31. The summed E-state index contributed by atoms with van der Waals surface area (Å²) >= 11 is 0. The SMILES string of the molecule is Nc1ccc2c(c1)CNc1ccccc1N2. The number of hydrogen-bond acceptors (Lipinski definition) is 3. The molecule has 1 heterocycles. The number of benzene rings is 2. The topological polar surface area (TPSA) is 50.1 Å². The summed E-state index contributed by atoms with van der Waals surface area (Å²) in [6, 6.07) is 14.1. The largest absolute Gasteiger partial charge is 0.399 e. The van der Waals surface area contributed by atoms with E-state index in [1.165, 1.54) is 5.56 Å². The quantitative estimate of drug-likeness (QED) is 0.587. The third-order valence-electron chi connectivity index (χ3n) is 2.79. The van der Waals surface area contributed by atoms with Gasteiger partial charge in [-0.3, -0.25) is 0 Å². The number of hydrogen-bond donors (Lipinski definition) is 3. The van der Waals surface area contributed by atoms with Gasteiger partial charge in [0, 0.05) is 17.9 Å². The van der Waals surface area contributed by atoms with Crippen molar-refractivity contribution in [2.24, 2.45) is 0 Å². The minimum atomic E-state index is 0.796. The summed E-state index contributed by atoms with van der Waals surface area (Å²) in [6.45, 7) is 0.796.